The molecule has 0 aliphatic heterocycles. The molecule has 0 saturated carbocycles. The van der Waals surface area contributed by atoms with Gasteiger partial charge in [-0.15, -0.1) is 0 Å². The molecule has 0 aliphatic carbocycles. The zero-order valence-electron chi connectivity index (χ0n) is 7.84. The summed E-state index contributed by atoms with van der Waals surface area (Å²) in [5, 5.41) is 2.72. The topological polar surface area (TPSA) is 29.1 Å². The van der Waals surface area contributed by atoms with Crippen molar-refractivity contribution in [3.8, 4) is 0 Å². The third-order valence-electron chi connectivity index (χ3n) is 1.74. The molecule has 2 heteroatoms. The van der Waals surface area contributed by atoms with E-state index < -0.39 is 0 Å². The molecule has 1 aromatic carbocycles. The van der Waals surface area contributed by atoms with E-state index in [1.165, 1.54) is 12.5 Å². The van der Waals surface area contributed by atoms with Gasteiger partial charge in [0.25, 0.3) is 0 Å². The van der Waals surface area contributed by atoms with Crippen LogP contribution in [0.4, 0.5) is 5.69 Å². The number of carbonyl (C=O) groups excluding carboxylic acids is 1. The summed E-state index contributed by atoms with van der Waals surface area (Å²) < 4.78 is 0. The summed E-state index contributed by atoms with van der Waals surface area (Å²) in [6, 6.07) is 7.84. The summed E-state index contributed by atoms with van der Waals surface area (Å²) in [7, 11) is 0. The van der Waals surface area contributed by atoms with E-state index in [4.69, 9.17) is 0 Å². The van der Waals surface area contributed by atoms with E-state index in [1.807, 2.05) is 24.3 Å². The molecule has 0 bridgehead atoms. The molecule has 0 fully saturated rings. The number of carbonyl (C=O) groups is 1. The quantitative estimate of drug-likeness (QED) is 0.752. The number of amides is 1. The number of hydrogen-bond donors (Lipinski definition) is 1. The van der Waals surface area contributed by atoms with Crippen LogP contribution >= 0.6 is 0 Å². The fourth-order valence-electron chi connectivity index (χ4n) is 1.16. The second-order valence-corrected chi connectivity index (χ2v) is 2.98. The van der Waals surface area contributed by atoms with Crippen LogP contribution in [0.15, 0.2) is 24.3 Å². The lowest BCUT2D eigenvalue weighted by atomic mass is 10.1. The highest BCUT2D eigenvalue weighted by molar-refractivity contribution is 5.88. The normalized spacial score (nSPS) is 9.69. The first-order chi connectivity index (χ1) is 6.22. The average molecular weight is 176 g/mol. The highest BCUT2D eigenvalue weighted by Gasteiger charge is 1.95. The number of hydrogen-bond acceptors (Lipinski definition) is 1. The van der Waals surface area contributed by atoms with Crippen LogP contribution in [0.2, 0.25) is 0 Å². The van der Waals surface area contributed by atoms with Gasteiger partial charge in [0.2, 0.25) is 5.91 Å². The second kappa shape index (κ2) is 4.65. The molecule has 13 heavy (non-hydrogen) atoms. The Labute approximate surface area is 79.0 Å². The van der Waals surface area contributed by atoms with E-state index in [0.717, 1.165) is 18.5 Å². The molecule has 1 N–H and O–H groups in total. The highest BCUT2D eigenvalue weighted by Crippen LogP contribution is 2.10. The monoisotopic (exact) mass is 176 g/mol. The third kappa shape index (κ3) is 3.28. The molecular weight excluding hydrogens is 162 g/mol. The van der Waals surface area contributed by atoms with Crippen LogP contribution in [0.3, 0.4) is 0 Å². The van der Waals surface area contributed by atoms with Gasteiger partial charge in [0.1, 0.15) is 0 Å². The molecule has 0 aromatic heterocycles. The first-order valence-electron chi connectivity index (χ1n) is 4.38. The van der Waals surface area contributed by atoms with E-state index in [-0.39, 0.29) is 5.91 Å². The Morgan fingerprint density at radius 3 is 2.46 bits per heavy atom. The molecule has 0 aliphatic rings. The average Bonchev–Trinajstić information content (AvgIpc) is 2.08. The van der Waals surface area contributed by atoms with Gasteiger partial charge in [0, 0.05) is 12.6 Å². The van der Waals surface area contributed by atoms with E-state index in [1.54, 1.807) is 0 Å². The Bertz CT molecular complexity index is 277. The summed E-state index contributed by atoms with van der Waals surface area (Å²) in [6.45, 7) is 5.29. The van der Waals surface area contributed by atoms with Gasteiger partial charge in [-0.1, -0.05) is 19.1 Å². The molecular formula is C11H14NO. The van der Waals surface area contributed by atoms with Crippen molar-refractivity contribution in [1.29, 1.82) is 0 Å². The van der Waals surface area contributed by atoms with Crippen LogP contribution in [-0.4, -0.2) is 5.91 Å². The lowest BCUT2D eigenvalue weighted by molar-refractivity contribution is -0.114. The van der Waals surface area contributed by atoms with Gasteiger partial charge in [-0.2, -0.15) is 0 Å². The van der Waals surface area contributed by atoms with E-state index in [2.05, 4.69) is 12.2 Å². The molecule has 0 heterocycles. The smallest absolute Gasteiger partial charge is 0.221 e. The molecule has 1 rings (SSSR count). The lowest BCUT2D eigenvalue weighted by Gasteiger charge is -2.02. The van der Waals surface area contributed by atoms with Crippen molar-refractivity contribution in [1.82, 2.24) is 0 Å². The van der Waals surface area contributed by atoms with Crippen LogP contribution < -0.4 is 5.32 Å². The SMILES string of the molecule is [CH2]CCc1ccc(NC(C)=O)cc1. The van der Waals surface area contributed by atoms with Gasteiger partial charge < -0.3 is 5.32 Å². The van der Waals surface area contributed by atoms with Crippen molar-refractivity contribution in [2.24, 2.45) is 0 Å². The van der Waals surface area contributed by atoms with Gasteiger partial charge in [-0.05, 0) is 30.5 Å². The van der Waals surface area contributed by atoms with Gasteiger partial charge in [0.15, 0.2) is 0 Å². The van der Waals surface area contributed by atoms with Crippen molar-refractivity contribution < 1.29 is 4.79 Å². The minimum Gasteiger partial charge on any atom is -0.326 e. The van der Waals surface area contributed by atoms with Crippen molar-refractivity contribution >= 4 is 11.6 Å². The van der Waals surface area contributed by atoms with Gasteiger partial charge in [-0.25, -0.2) is 0 Å². The van der Waals surface area contributed by atoms with Gasteiger partial charge in [-0.3, -0.25) is 4.79 Å². The maximum Gasteiger partial charge on any atom is 0.221 e. The molecule has 2 nitrogen and oxygen atoms in total. The molecule has 69 valence electrons. The van der Waals surface area contributed by atoms with E-state index in [0.29, 0.717) is 0 Å². The van der Waals surface area contributed by atoms with Crippen molar-refractivity contribution in [3.05, 3.63) is 36.8 Å². The Morgan fingerprint density at radius 1 is 1.38 bits per heavy atom. The summed E-state index contributed by atoms with van der Waals surface area (Å²) in [5.74, 6) is -0.0371. The number of nitrogens with one attached hydrogen (secondary N) is 1. The Hall–Kier alpha value is -1.31. The molecule has 0 spiro atoms. The summed E-state index contributed by atoms with van der Waals surface area (Å²) in [5.41, 5.74) is 2.10. The Morgan fingerprint density at radius 2 is 2.00 bits per heavy atom. The highest BCUT2D eigenvalue weighted by atomic mass is 16.1. The van der Waals surface area contributed by atoms with Gasteiger partial charge >= 0.3 is 0 Å². The number of rotatable bonds is 3. The molecule has 1 amide bonds. The number of aryl methyl sites for hydroxylation is 1. The predicted molar refractivity (Wildman–Crippen MR) is 54.4 cm³/mol. The first kappa shape index (κ1) is 9.78. The van der Waals surface area contributed by atoms with Crippen LogP contribution in [0.5, 0.6) is 0 Å². The fourth-order valence-corrected chi connectivity index (χ4v) is 1.16. The third-order valence-corrected chi connectivity index (χ3v) is 1.74. The van der Waals surface area contributed by atoms with E-state index in [9.17, 15) is 4.79 Å². The van der Waals surface area contributed by atoms with E-state index >= 15 is 0 Å². The largest absolute Gasteiger partial charge is 0.326 e. The van der Waals surface area contributed by atoms with Crippen LogP contribution in [-0.2, 0) is 11.2 Å². The second-order valence-electron chi connectivity index (χ2n) is 2.98. The molecule has 1 aromatic rings. The maximum atomic E-state index is 10.7. The number of benzene rings is 1. The fraction of sp³-hybridized carbons (Fsp3) is 0.273. The summed E-state index contributed by atoms with van der Waals surface area (Å²) in [4.78, 5) is 10.7. The minimum absolute atomic E-state index is 0.0371. The summed E-state index contributed by atoms with van der Waals surface area (Å²) >= 11 is 0. The standard InChI is InChI=1S/C11H14NO/c1-3-4-10-5-7-11(8-6-10)12-9(2)13/h5-8H,1,3-4H2,2H3,(H,12,13). The zero-order valence-corrected chi connectivity index (χ0v) is 7.84. The van der Waals surface area contributed by atoms with Crippen LogP contribution in [0.25, 0.3) is 0 Å². The molecule has 0 atom stereocenters. The Kier molecular flexibility index (Phi) is 3.50. The molecule has 0 unspecified atom stereocenters. The predicted octanol–water partition coefficient (Wildman–Crippen LogP) is 2.41. The maximum absolute atomic E-state index is 10.7. The lowest BCUT2D eigenvalue weighted by Crippen LogP contribution is -2.05. The van der Waals surface area contributed by atoms with Crippen molar-refractivity contribution in [2.45, 2.75) is 19.8 Å². The molecule has 1 radical (unpaired) electrons. The van der Waals surface area contributed by atoms with Crippen LogP contribution in [0, 0.1) is 6.92 Å². The zero-order chi connectivity index (χ0) is 9.68. The van der Waals surface area contributed by atoms with Crippen molar-refractivity contribution in [3.63, 3.8) is 0 Å². The minimum atomic E-state index is -0.0371. The first-order valence-corrected chi connectivity index (χ1v) is 4.38. The van der Waals surface area contributed by atoms with Crippen LogP contribution in [0.1, 0.15) is 18.9 Å². The Balaban J connectivity index is 2.64. The molecule has 0 saturated heterocycles. The summed E-state index contributed by atoms with van der Waals surface area (Å²) in [6.07, 6.45) is 1.89. The van der Waals surface area contributed by atoms with Crippen molar-refractivity contribution in [2.75, 3.05) is 5.32 Å². The van der Waals surface area contributed by atoms with Gasteiger partial charge in [0.05, 0.1) is 0 Å². The number of anilines is 1.